The van der Waals surface area contributed by atoms with Crippen molar-refractivity contribution in [2.45, 2.75) is 13.0 Å². The quantitative estimate of drug-likeness (QED) is 0.900. The van der Waals surface area contributed by atoms with Crippen molar-refractivity contribution >= 4 is 35.2 Å². The number of hydrogen-bond acceptors (Lipinski definition) is 2. The van der Waals surface area contributed by atoms with Crippen LogP contribution in [0.1, 0.15) is 18.5 Å². The lowest BCUT2D eigenvalue weighted by Crippen LogP contribution is -2.56. The minimum absolute atomic E-state index is 0.238. The summed E-state index contributed by atoms with van der Waals surface area (Å²) in [6.45, 7) is 2.28. The van der Waals surface area contributed by atoms with Crippen LogP contribution < -0.4 is 5.32 Å². The second kappa shape index (κ2) is 5.89. The lowest BCUT2D eigenvalue weighted by atomic mass is 10.0. The van der Waals surface area contributed by atoms with E-state index in [0.29, 0.717) is 10.0 Å². The van der Waals surface area contributed by atoms with Crippen LogP contribution in [0.15, 0.2) is 18.2 Å². The second-order valence-electron chi connectivity index (χ2n) is 4.78. The van der Waals surface area contributed by atoms with Gasteiger partial charge in [-0.15, -0.1) is 0 Å². The van der Waals surface area contributed by atoms with Crippen molar-refractivity contribution in [1.29, 1.82) is 0 Å². The second-order valence-corrected chi connectivity index (χ2v) is 5.62. The van der Waals surface area contributed by atoms with Crippen molar-refractivity contribution in [2.24, 2.45) is 5.92 Å². The smallest absolute Gasteiger partial charge is 0.317 e. The van der Waals surface area contributed by atoms with E-state index in [1.54, 1.807) is 18.2 Å². The fourth-order valence-electron chi connectivity index (χ4n) is 2.01. The van der Waals surface area contributed by atoms with Gasteiger partial charge in [0, 0.05) is 23.1 Å². The zero-order chi connectivity index (χ0) is 14.9. The maximum absolute atomic E-state index is 11.9. The van der Waals surface area contributed by atoms with E-state index in [9.17, 15) is 9.59 Å². The van der Waals surface area contributed by atoms with Crippen LogP contribution in [0.25, 0.3) is 0 Å². The molecule has 1 saturated heterocycles. The highest BCUT2D eigenvalue weighted by molar-refractivity contribution is 6.35. The highest BCUT2D eigenvalue weighted by atomic mass is 35.5. The van der Waals surface area contributed by atoms with Crippen LogP contribution in [0.2, 0.25) is 10.0 Å². The molecule has 0 aromatic heterocycles. The number of carboxylic acids is 1. The third kappa shape index (κ3) is 3.16. The average molecular weight is 317 g/mol. The van der Waals surface area contributed by atoms with Gasteiger partial charge in [0.2, 0.25) is 0 Å². The number of amides is 2. The van der Waals surface area contributed by atoms with E-state index < -0.39 is 11.9 Å². The molecular formula is C13H14Cl2N2O3. The van der Waals surface area contributed by atoms with Gasteiger partial charge < -0.3 is 15.3 Å². The van der Waals surface area contributed by atoms with Crippen molar-refractivity contribution in [3.05, 3.63) is 33.8 Å². The van der Waals surface area contributed by atoms with E-state index in [4.69, 9.17) is 28.3 Å². The highest BCUT2D eigenvalue weighted by Gasteiger charge is 2.36. The normalized spacial score (nSPS) is 16.4. The van der Waals surface area contributed by atoms with Crippen LogP contribution in [0.3, 0.4) is 0 Å². The van der Waals surface area contributed by atoms with E-state index in [-0.39, 0.29) is 25.2 Å². The van der Waals surface area contributed by atoms with Crippen LogP contribution in [-0.4, -0.2) is 35.1 Å². The Morgan fingerprint density at radius 3 is 2.60 bits per heavy atom. The number of rotatable bonds is 3. The van der Waals surface area contributed by atoms with Gasteiger partial charge in [0.15, 0.2) is 0 Å². The maximum atomic E-state index is 11.9. The fraction of sp³-hybridized carbons (Fsp3) is 0.385. The van der Waals surface area contributed by atoms with Crippen LogP contribution >= 0.6 is 23.2 Å². The summed E-state index contributed by atoms with van der Waals surface area (Å²) in [5, 5.41) is 12.6. The SMILES string of the molecule is CC(NC(=O)N1CC(C(=O)O)C1)c1ccc(Cl)cc1Cl. The number of nitrogens with one attached hydrogen (secondary N) is 1. The van der Waals surface area contributed by atoms with Crippen molar-refractivity contribution in [2.75, 3.05) is 13.1 Å². The van der Waals surface area contributed by atoms with Crippen molar-refractivity contribution < 1.29 is 14.7 Å². The number of likely N-dealkylation sites (tertiary alicyclic amines) is 1. The molecule has 1 atom stereocenters. The summed E-state index contributed by atoms with van der Waals surface area (Å²) in [5.41, 5.74) is 0.764. The number of nitrogens with zero attached hydrogens (tertiary/aromatic N) is 1. The fourth-order valence-corrected chi connectivity index (χ4v) is 2.58. The topological polar surface area (TPSA) is 69.6 Å². The van der Waals surface area contributed by atoms with Gasteiger partial charge in [-0.1, -0.05) is 29.3 Å². The molecule has 1 aromatic carbocycles. The van der Waals surface area contributed by atoms with Crippen LogP contribution in [0.4, 0.5) is 4.79 Å². The van der Waals surface area contributed by atoms with Crippen molar-refractivity contribution in [3.8, 4) is 0 Å². The molecule has 1 aliphatic rings. The summed E-state index contributed by atoms with van der Waals surface area (Å²) in [6, 6.07) is 4.50. The molecular weight excluding hydrogens is 303 g/mol. The Kier molecular flexibility index (Phi) is 4.40. The molecule has 1 aromatic rings. The molecule has 1 heterocycles. The van der Waals surface area contributed by atoms with Gasteiger partial charge in [0.05, 0.1) is 12.0 Å². The zero-order valence-electron chi connectivity index (χ0n) is 10.8. The van der Waals surface area contributed by atoms with Gasteiger partial charge in [-0.2, -0.15) is 0 Å². The Bertz CT molecular complexity index is 544. The Balaban J connectivity index is 1.93. The van der Waals surface area contributed by atoms with Gasteiger partial charge in [-0.25, -0.2) is 4.79 Å². The Morgan fingerprint density at radius 1 is 1.40 bits per heavy atom. The molecule has 1 fully saturated rings. The van der Waals surface area contributed by atoms with Crippen LogP contribution in [0.5, 0.6) is 0 Å². The first-order valence-corrected chi connectivity index (χ1v) is 6.87. The lowest BCUT2D eigenvalue weighted by molar-refractivity contribution is -0.146. The number of hydrogen-bond donors (Lipinski definition) is 2. The number of carboxylic acid groups (broad SMARTS) is 1. The maximum Gasteiger partial charge on any atom is 0.317 e. The number of halogens is 2. The summed E-state index contributed by atoms with van der Waals surface area (Å²) < 4.78 is 0. The minimum Gasteiger partial charge on any atom is -0.481 e. The molecule has 5 nitrogen and oxygen atoms in total. The van der Waals surface area contributed by atoms with Crippen LogP contribution in [0, 0.1) is 5.92 Å². The zero-order valence-corrected chi connectivity index (χ0v) is 12.3. The molecule has 2 rings (SSSR count). The minimum atomic E-state index is -0.872. The summed E-state index contributed by atoms with van der Waals surface area (Å²) in [7, 11) is 0. The summed E-state index contributed by atoms with van der Waals surface area (Å²) in [5.74, 6) is -1.34. The molecule has 2 N–H and O–H groups in total. The largest absolute Gasteiger partial charge is 0.481 e. The van der Waals surface area contributed by atoms with Crippen molar-refractivity contribution in [3.63, 3.8) is 0 Å². The molecule has 1 unspecified atom stereocenters. The average Bonchev–Trinajstić information content (AvgIpc) is 2.25. The number of carbonyl (C=O) groups is 2. The molecule has 0 spiro atoms. The summed E-state index contributed by atoms with van der Waals surface area (Å²) in [6.07, 6.45) is 0. The van der Waals surface area contributed by atoms with Crippen molar-refractivity contribution in [1.82, 2.24) is 10.2 Å². The Labute approximate surface area is 126 Å². The number of benzene rings is 1. The number of aliphatic carboxylic acids is 1. The molecule has 2 amide bonds. The number of urea groups is 1. The monoisotopic (exact) mass is 316 g/mol. The third-order valence-corrected chi connectivity index (χ3v) is 3.85. The first-order chi connectivity index (χ1) is 9.38. The van der Waals surface area contributed by atoms with Gasteiger partial charge in [-0.05, 0) is 24.6 Å². The van der Waals surface area contributed by atoms with Crippen LogP contribution in [-0.2, 0) is 4.79 Å². The number of carbonyl (C=O) groups excluding carboxylic acids is 1. The molecule has 0 aliphatic carbocycles. The third-order valence-electron chi connectivity index (χ3n) is 3.29. The van der Waals surface area contributed by atoms with E-state index >= 15 is 0 Å². The predicted molar refractivity (Wildman–Crippen MR) is 76.1 cm³/mol. The van der Waals surface area contributed by atoms with Gasteiger partial charge in [0.1, 0.15) is 0 Å². The van der Waals surface area contributed by atoms with Gasteiger partial charge in [0.25, 0.3) is 0 Å². The first kappa shape index (κ1) is 14.9. The molecule has 0 saturated carbocycles. The molecule has 108 valence electrons. The van der Waals surface area contributed by atoms with E-state index in [1.807, 2.05) is 6.92 Å². The summed E-state index contributed by atoms with van der Waals surface area (Å²) in [4.78, 5) is 24.0. The molecule has 0 bridgehead atoms. The molecule has 0 radical (unpaired) electrons. The lowest BCUT2D eigenvalue weighted by Gasteiger charge is -2.37. The Hall–Kier alpha value is -1.46. The first-order valence-electron chi connectivity index (χ1n) is 6.11. The summed E-state index contributed by atoms with van der Waals surface area (Å²) >= 11 is 11.9. The van der Waals surface area contributed by atoms with E-state index in [2.05, 4.69) is 5.32 Å². The van der Waals surface area contributed by atoms with Gasteiger partial charge in [-0.3, -0.25) is 4.79 Å². The highest BCUT2D eigenvalue weighted by Crippen LogP contribution is 2.26. The predicted octanol–water partition coefficient (Wildman–Crippen LogP) is 2.78. The van der Waals surface area contributed by atoms with E-state index in [0.717, 1.165) is 5.56 Å². The molecule has 7 heteroatoms. The Morgan fingerprint density at radius 2 is 2.05 bits per heavy atom. The molecule has 20 heavy (non-hydrogen) atoms. The molecule has 1 aliphatic heterocycles. The standard InChI is InChI=1S/C13H14Cl2N2O3/c1-7(10-3-2-9(14)4-11(10)15)16-13(20)17-5-8(6-17)12(18)19/h2-4,7-8H,5-6H2,1H3,(H,16,20)(H,18,19). The van der Waals surface area contributed by atoms with Gasteiger partial charge >= 0.3 is 12.0 Å². The van der Waals surface area contributed by atoms with E-state index in [1.165, 1.54) is 4.90 Å².